The summed E-state index contributed by atoms with van der Waals surface area (Å²) >= 11 is 0. The highest BCUT2D eigenvalue weighted by atomic mass is 16.4. The van der Waals surface area contributed by atoms with Crippen LogP contribution in [0.5, 0.6) is 5.75 Å². The lowest BCUT2D eigenvalue weighted by Gasteiger charge is -2.24. The molecule has 1 aliphatic rings. The van der Waals surface area contributed by atoms with Crippen LogP contribution < -0.4 is 5.32 Å². The second kappa shape index (κ2) is 5.77. The van der Waals surface area contributed by atoms with Gasteiger partial charge in [0.15, 0.2) is 0 Å². The highest BCUT2D eigenvalue weighted by Gasteiger charge is 2.42. The molecule has 0 aromatic heterocycles. The maximum atomic E-state index is 11.8. The van der Waals surface area contributed by atoms with Crippen LogP contribution in [0.2, 0.25) is 0 Å². The fraction of sp³-hybridized carbons (Fsp3) is 0.333. The molecule has 5 nitrogen and oxygen atoms in total. The number of phenolic OH excluding ortho intramolecular Hbond substituents is 1. The topological polar surface area (TPSA) is 86.6 Å². The molecule has 1 saturated carbocycles. The van der Waals surface area contributed by atoms with Crippen LogP contribution in [0.25, 0.3) is 6.08 Å². The first-order valence-corrected chi connectivity index (χ1v) is 6.54. The summed E-state index contributed by atoms with van der Waals surface area (Å²) in [5.74, 6) is -1.23. The molecular weight excluding hydrogens is 258 g/mol. The highest BCUT2D eigenvalue weighted by Crippen LogP contribution is 2.29. The summed E-state index contributed by atoms with van der Waals surface area (Å²) in [6, 6.07) is 6.38. The Labute approximate surface area is 116 Å². The van der Waals surface area contributed by atoms with Crippen molar-refractivity contribution < 1.29 is 19.8 Å². The monoisotopic (exact) mass is 275 g/mol. The van der Waals surface area contributed by atoms with E-state index >= 15 is 0 Å². The van der Waals surface area contributed by atoms with E-state index in [2.05, 4.69) is 5.32 Å². The van der Waals surface area contributed by atoms with E-state index in [9.17, 15) is 14.7 Å². The Morgan fingerprint density at radius 1 is 1.15 bits per heavy atom. The molecular formula is C15H17NO4. The second-order valence-corrected chi connectivity index (χ2v) is 5.01. The van der Waals surface area contributed by atoms with Crippen LogP contribution >= 0.6 is 0 Å². The normalized spacial score (nSPS) is 17.2. The van der Waals surface area contributed by atoms with Gasteiger partial charge < -0.3 is 15.5 Å². The van der Waals surface area contributed by atoms with Gasteiger partial charge in [0, 0.05) is 6.08 Å². The van der Waals surface area contributed by atoms with Gasteiger partial charge in [-0.1, -0.05) is 25.0 Å². The first kappa shape index (κ1) is 14.1. The van der Waals surface area contributed by atoms with Crippen molar-refractivity contribution in [1.82, 2.24) is 5.32 Å². The third-order valence-corrected chi connectivity index (χ3v) is 3.55. The molecule has 5 heteroatoms. The quantitative estimate of drug-likeness (QED) is 0.733. The number of aromatic hydroxyl groups is 1. The van der Waals surface area contributed by atoms with E-state index in [0.717, 1.165) is 18.4 Å². The van der Waals surface area contributed by atoms with Crippen molar-refractivity contribution in [2.45, 2.75) is 31.2 Å². The molecule has 1 amide bonds. The van der Waals surface area contributed by atoms with E-state index in [1.165, 1.54) is 18.2 Å². The van der Waals surface area contributed by atoms with Crippen LogP contribution in [0.1, 0.15) is 31.2 Å². The molecule has 0 atom stereocenters. The molecule has 106 valence electrons. The number of phenols is 1. The third-order valence-electron chi connectivity index (χ3n) is 3.55. The van der Waals surface area contributed by atoms with E-state index in [0.29, 0.717) is 12.8 Å². The number of hydrogen-bond acceptors (Lipinski definition) is 3. The van der Waals surface area contributed by atoms with Crippen molar-refractivity contribution in [3.63, 3.8) is 0 Å². The average Bonchev–Trinajstić information content (AvgIpc) is 2.88. The van der Waals surface area contributed by atoms with Crippen molar-refractivity contribution in [2.75, 3.05) is 0 Å². The summed E-state index contributed by atoms with van der Waals surface area (Å²) in [5, 5.41) is 21.0. The van der Waals surface area contributed by atoms with E-state index in [1.807, 2.05) is 0 Å². The molecule has 0 spiro atoms. The number of carbonyl (C=O) groups is 2. The van der Waals surface area contributed by atoms with Crippen molar-refractivity contribution in [1.29, 1.82) is 0 Å². The van der Waals surface area contributed by atoms with Crippen LogP contribution in [-0.2, 0) is 9.59 Å². The first-order valence-electron chi connectivity index (χ1n) is 6.54. The smallest absolute Gasteiger partial charge is 0.329 e. The minimum atomic E-state index is -1.11. The fourth-order valence-electron chi connectivity index (χ4n) is 2.41. The fourth-order valence-corrected chi connectivity index (χ4v) is 2.41. The van der Waals surface area contributed by atoms with E-state index < -0.39 is 17.4 Å². The largest absolute Gasteiger partial charge is 0.508 e. The Morgan fingerprint density at radius 3 is 2.30 bits per heavy atom. The number of rotatable bonds is 4. The number of carbonyl (C=O) groups excluding carboxylic acids is 1. The zero-order valence-corrected chi connectivity index (χ0v) is 11.0. The molecule has 1 fully saturated rings. The minimum absolute atomic E-state index is 0.155. The Kier molecular flexibility index (Phi) is 4.08. The lowest BCUT2D eigenvalue weighted by Crippen LogP contribution is -2.52. The van der Waals surface area contributed by atoms with Crippen molar-refractivity contribution >= 4 is 18.0 Å². The molecule has 0 heterocycles. The maximum absolute atomic E-state index is 11.8. The molecule has 2 rings (SSSR count). The first-order chi connectivity index (χ1) is 9.52. The molecule has 0 aliphatic heterocycles. The SMILES string of the molecule is O=C(/C=C/c1ccc(O)cc1)NC1(C(=O)O)CCCC1. The number of carboxylic acids is 1. The van der Waals surface area contributed by atoms with E-state index in [4.69, 9.17) is 5.11 Å². The number of carboxylic acid groups (broad SMARTS) is 1. The maximum Gasteiger partial charge on any atom is 0.329 e. The van der Waals surface area contributed by atoms with Crippen LogP contribution in [0.3, 0.4) is 0 Å². The van der Waals surface area contributed by atoms with Gasteiger partial charge in [0.1, 0.15) is 11.3 Å². The van der Waals surface area contributed by atoms with Gasteiger partial charge in [-0.2, -0.15) is 0 Å². The van der Waals surface area contributed by atoms with Crippen molar-refractivity contribution in [3.05, 3.63) is 35.9 Å². The number of benzene rings is 1. The lowest BCUT2D eigenvalue weighted by atomic mass is 9.98. The number of hydrogen-bond donors (Lipinski definition) is 3. The molecule has 0 bridgehead atoms. The Hall–Kier alpha value is -2.30. The third kappa shape index (κ3) is 3.17. The van der Waals surface area contributed by atoms with Gasteiger partial charge in [0.25, 0.3) is 0 Å². The molecule has 1 aromatic rings. The van der Waals surface area contributed by atoms with Crippen LogP contribution in [0.15, 0.2) is 30.3 Å². The number of amides is 1. The lowest BCUT2D eigenvalue weighted by molar-refractivity contribution is -0.146. The van der Waals surface area contributed by atoms with Crippen molar-refractivity contribution in [2.24, 2.45) is 0 Å². The van der Waals surface area contributed by atoms with Gasteiger partial charge in [0.2, 0.25) is 5.91 Å². The van der Waals surface area contributed by atoms with Crippen LogP contribution in [0.4, 0.5) is 0 Å². The van der Waals surface area contributed by atoms with Gasteiger partial charge in [-0.05, 0) is 36.6 Å². The molecule has 0 radical (unpaired) electrons. The minimum Gasteiger partial charge on any atom is -0.508 e. The molecule has 0 saturated heterocycles. The highest BCUT2D eigenvalue weighted by molar-refractivity contribution is 5.95. The Bertz CT molecular complexity index is 527. The number of nitrogens with one attached hydrogen (secondary N) is 1. The van der Waals surface area contributed by atoms with Gasteiger partial charge >= 0.3 is 5.97 Å². The second-order valence-electron chi connectivity index (χ2n) is 5.01. The summed E-state index contributed by atoms with van der Waals surface area (Å²) < 4.78 is 0. The standard InChI is InChI=1S/C15H17NO4/c17-12-6-3-11(4-7-12)5-8-13(18)16-15(14(19)20)9-1-2-10-15/h3-8,17H,1-2,9-10H2,(H,16,18)(H,19,20)/b8-5+. The summed E-state index contributed by atoms with van der Waals surface area (Å²) in [6.07, 6.45) is 5.47. The average molecular weight is 275 g/mol. The number of aliphatic carboxylic acids is 1. The molecule has 20 heavy (non-hydrogen) atoms. The van der Waals surface area contributed by atoms with Crippen molar-refractivity contribution in [3.8, 4) is 5.75 Å². The summed E-state index contributed by atoms with van der Waals surface area (Å²) in [4.78, 5) is 23.1. The summed E-state index contributed by atoms with van der Waals surface area (Å²) in [5.41, 5.74) is -0.357. The van der Waals surface area contributed by atoms with Gasteiger partial charge in [0.05, 0.1) is 0 Å². The summed E-state index contributed by atoms with van der Waals surface area (Å²) in [6.45, 7) is 0. The Balaban J connectivity index is 2.01. The van der Waals surface area contributed by atoms with Crippen LogP contribution in [0, 0.1) is 0 Å². The Morgan fingerprint density at radius 2 is 1.75 bits per heavy atom. The predicted octanol–water partition coefficient (Wildman–Crippen LogP) is 1.92. The van der Waals surface area contributed by atoms with Gasteiger partial charge in [-0.3, -0.25) is 4.79 Å². The molecule has 0 unspecified atom stereocenters. The zero-order chi connectivity index (χ0) is 14.6. The van der Waals surface area contributed by atoms with Gasteiger partial charge in [-0.15, -0.1) is 0 Å². The summed E-state index contributed by atoms with van der Waals surface area (Å²) in [7, 11) is 0. The zero-order valence-electron chi connectivity index (χ0n) is 11.0. The predicted molar refractivity (Wildman–Crippen MR) is 74.1 cm³/mol. The van der Waals surface area contributed by atoms with E-state index in [-0.39, 0.29) is 5.75 Å². The molecule has 1 aliphatic carbocycles. The van der Waals surface area contributed by atoms with Crippen LogP contribution in [-0.4, -0.2) is 27.6 Å². The van der Waals surface area contributed by atoms with E-state index in [1.54, 1.807) is 18.2 Å². The van der Waals surface area contributed by atoms with Gasteiger partial charge in [-0.25, -0.2) is 4.79 Å². The molecule has 3 N–H and O–H groups in total. The molecule has 1 aromatic carbocycles.